The highest BCUT2D eigenvalue weighted by molar-refractivity contribution is 5.86. The van der Waals surface area contributed by atoms with Gasteiger partial charge in [0.05, 0.1) is 12.3 Å². The smallest absolute Gasteiger partial charge is 0.325 e. The van der Waals surface area contributed by atoms with E-state index < -0.39 is 0 Å². The molecule has 10 nitrogen and oxygen atoms in total. The number of nitrogens with zero attached hydrogens (tertiary/aromatic N) is 5. The molecule has 4 aromatic rings. The number of fused-ring (bicyclic) bond motifs is 1. The first-order valence-electron chi connectivity index (χ1n) is 11.0. The maximum absolute atomic E-state index is 9.31. The standard InChI is InChI=1S/C23H28N8O2/c1-14-10-17-15(2)19(5-4-18(17)24-14)33-23-26-20(25-21-11-16(13-32)28-29-21)12-22(27-23)31-8-6-30(3)7-9-31/h4-5,10-12,24,32H,6-9,13H2,1-3H3,(H2,25,26,27,28,29). The number of likely N-dealkylation sites (N-methyl/N-ethyl adjacent to an activating group) is 1. The number of aromatic amines is 2. The lowest BCUT2D eigenvalue weighted by atomic mass is 10.1. The van der Waals surface area contributed by atoms with Gasteiger partial charge in [-0.05, 0) is 39.1 Å². The van der Waals surface area contributed by atoms with E-state index in [2.05, 4.69) is 48.4 Å². The summed E-state index contributed by atoms with van der Waals surface area (Å²) in [5.74, 6) is 2.64. The van der Waals surface area contributed by atoms with Crippen LogP contribution in [-0.2, 0) is 6.61 Å². The van der Waals surface area contributed by atoms with E-state index in [0.29, 0.717) is 23.1 Å². The molecule has 172 valence electrons. The number of aliphatic hydroxyl groups is 1. The highest BCUT2D eigenvalue weighted by Gasteiger charge is 2.19. The number of aliphatic hydroxyl groups excluding tert-OH is 1. The van der Waals surface area contributed by atoms with E-state index in [0.717, 1.165) is 54.2 Å². The van der Waals surface area contributed by atoms with Crippen molar-refractivity contribution in [1.82, 2.24) is 30.0 Å². The van der Waals surface area contributed by atoms with Gasteiger partial charge in [-0.1, -0.05) is 0 Å². The average molecular weight is 449 g/mol. The van der Waals surface area contributed by atoms with E-state index in [1.807, 2.05) is 32.0 Å². The van der Waals surface area contributed by atoms with E-state index in [-0.39, 0.29) is 12.6 Å². The first-order chi connectivity index (χ1) is 16.0. The minimum absolute atomic E-state index is 0.111. The number of aromatic nitrogens is 5. The zero-order valence-electron chi connectivity index (χ0n) is 19.0. The molecule has 33 heavy (non-hydrogen) atoms. The molecule has 1 fully saturated rings. The van der Waals surface area contributed by atoms with Crippen molar-refractivity contribution in [3.8, 4) is 11.8 Å². The van der Waals surface area contributed by atoms with Crippen LogP contribution in [0.15, 0.2) is 30.3 Å². The number of nitrogens with one attached hydrogen (secondary N) is 3. The Balaban J connectivity index is 1.48. The van der Waals surface area contributed by atoms with Crippen LogP contribution in [0, 0.1) is 13.8 Å². The number of hydrogen-bond acceptors (Lipinski definition) is 8. The summed E-state index contributed by atoms with van der Waals surface area (Å²) in [6.07, 6.45) is 0. The van der Waals surface area contributed by atoms with E-state index in [1.165, 1.54) is 0 Å². The number of rotatable bonds is 6. The number of hydrogen-bond donors (Lipinski definition) is 4. The molecule has 0 radical (unpaired) electrons. The molecule has 4 N–H and O–H groups in total. The number of H-pyrrole nitrogens is 2. The monoisotopic (exact) mass is 448 g/mol. The van der Waals surface area contributed by atoms with Crippen molar-refractivity contribution in [3.05, 3.63) is 47.3 Å². The molecule has 0 saturated carbocycles. The quantitative estimate of drug-likeness (QED) is 0.355. The highest BCUT2D eigenvalue weighted by Crippen LogP contribution is 2.32. The van der Waals surface area contributed by atoms with Crippen molar-refractivity contribution >= 4 is 28.4 Å². The summed E-state index contributed by atoms with van der Waals surface area (Å²) in [5.41, 5.74) is 3.82. The molecule has 1 aliphatic heterocycles. The van der Waals surface area contributed by atoms with E-state index >= 15 is 0 Å². The average Bonchev–Trinajstić information content (AvgIpc) is 3.42. The van der Waals surface area contributed by atoms with Crippen molar-refractivity contribution in [2.24, 2.45) is 0 Å². The fourth-order valence-corrected chi connectivity index (χ4v) is 4.04. The summed E-state index contributed by atoms with van der Waals surface area (Å²) in [6.45, 7) is 7.63. The third-order valence-corrected chi connectivity index (χ3v) is 5.94. The highest BCUT2D eigenvalue weighted by atomic mass is 16.5. The van der Waals surface area contributed by atoms with Gasteiger partial charge in [-0.2, -0.15) is 15.1 Å². The van der Waals surface area contributed by atoms with E-state index in [9.17, 15) is 5.11 Å². The first-order valence-corrected chi connectivity index (χ1v) is 11.0. The fraction of sp³-hybridized carbons (Fsp3) is 0.348. The second-order valence-electron chi connectivity index (χ2n) is 8.45. The Morgan fingerprint density at radius 1 is 1.06 bits per heavy atom. The van der Waals surface area contributed by atoms with Gasteiger partial charge in [0.1, 0.15) is 17.4 Å². The molecule has 0 aliphatic carbocycles. The maximum atomic E-state index is 9.31. The number of benzene rings is 1. The largest absolute Gasteiger partial charge is 0.424 e. The molecular formula is C23H28N8O2. The lowest BCUT2D eigenvalue weighted by Crippen LogP contribution is -2.44. The molecule has 1 aromatic carbocycles. The van der Waals surface area contributed by atoms with Crippen molar-refractivity contribution < 1.29 is 9.84 Å². The Bertz CT molecular complexity index is 1270. The molecule has 10 heteroatoms. The Hall–Kier alpha value is -3.63. The maximum Gasteiger partial charge on any atom is 0.325 e. The van der Waals surface area contributed by atoms with Gasteiger partial charge in [0.15, 0.2) is 5.82 Å². The first kappa shape index (κ1) is 21.2. The van der Waals surface area contributed by atoms with Crippen molar-refractivity contribution in [2.45, 2.75) is 20.5 Å². The Morgan fingerprint density at radius 3 is 2.64 bits per heavy atom. The van der Waals surface area contributed by atoms with Gasteiger partial charge in [-0.25, -0.2) is 0 Å². The predicted molar refractivity (Wildman–Crippen MR) is 127 cm³/mol. The third-order valence-electron chi connectivity index (χ3n) is 5.94. The molecule has 0 amide bonds. The van der Waals surface area contributed by atoms with Crippen LogP contribution in [0.3, 0.4) is 0 Å². The summed E-state index contributed by atoms with van der Waals surface area (Å²) in [7, 11) is 2.12. The van der Waals surface area contributed by atoms with Gasteiger partial charge < -0.3 is 29.9 Å². The lowest BCUT2D eigenvalue weighted by Gasteiger charge is -2.33. The molecule has 3 aromatic heterocycles. The fourth-order valence-electron chi connectivity index (χ4n) is 4.04. The lowest BCUT2D eigenvalue weighted by molar-refractivity contribution is 0.276. The van der Waals surface area contributed by atoms with E-state index in [1.54, 1.807) is 6.07 Å². The number of piperazine rings is 1. The molecule has 1 aliphatic rings. The summed E-state index contributed by atoms with van der Waals surface area (Å²) >= 11 is 0. The van der Waals surface area contributed by atoms with Gasteiger partial charge in [-0.3, -0.25) is 5.10 Å². The Kier molecular flexibility index (Phi) is 5.61. The number of ether oxygens (including phenoxy) is 1. The van der Waals surface area contributed by atoms with Crippen LogP contribution in [0.4, 0.5) is 17.5 Å². The van der Waals surface area contributed by atoms with Gasteiger partial charge in [0.25, 0.3) is 0 Å². The molecule has 0 spiro atoms. The molecule has 0 unspecified atom stereocenters. The number of aryl methyl sites for hydroxylation is 2. The van der Waals surface area contributed by atoms with Gasteiger partial charge >= 0.3 is 6.01 Å². The van der Waals surface area contributed by atoms with Crippen LogP contribution in [0.25, 0.3) is 10.9 Å². The molecular weight excluding hydrogens is 420 g/mol. The second kappa shape index (κ2) is 8.72. The van der Waals surface area contributed by atoms with Crippen molar-refractivity contribution in [3.63, 3.8) is 0 Å². The van der Waals surface area contributed by atoms with Crippen LogP contribution >= 0.6 is 0 Å². The minimum Gasteiger partial charge on any atom is -0.424 e. The van der Waals surface area contributed by atoms with Crippen molar-refractivity contribution in [1.29, 1.82) is 0 Å². The summed E-state index contributed by atoms with van der Waals surface area (Å²) < 4.78 is 6.20. The second-order valence-corrected chi connectivity index (χ2v) is 8.45. The predicted octanol–water partition coefficient (Wildman–Crippen LogP) is 3.08. The van der Waals surface area contributed by atoms with Crippen LogP contribution in [0.2, 0.25) is 0 Å². The van der Waals surface area contributed by atoms with E-state index in [4.69, 9.17) is 9.72 Å². The van der Waals surface area contributed by atoms with Gasteiger partial charge in [0.2, 0.25) is 0 Å². The van der Waals surface area contributed by atoms with Crippen LogP contribution in [0.1, 0.15) is 17.0 Å². The summed E-state index contributed by atoms with van der Waals surface area (Å²) in [4.78, 5) is 17.2. The van der Waals surface area contributed by atoms with Crippen LogP contribution in [0.5, 0.6) is 11.8 Å². The molecule has 4 heterocycles. The molecule has 0 atom stereocenters. The SMILES string of the molecule is Cc1cc2c(C)c(Oc3nc(Nc4cc(CO)[nH]n4)cc(N4CCN(C)CC4)n3)ccc2[nH]1. The molecule has 0 bridgehead atoms. The molecule has 5 rings (SSSR count). The van der Waals surface area contributed by atoms with Crippen LogP contribution in [-0.4, -0.2) is 68.4 Å². The summed E-state index contributed by atoms with van der Waals surface area (Å²) in [5, 5.41) is 20.6. The molecule has 1 saturated heterocycles. The van der Waals surface area contributed by atoms with Gasteiger partial charge in [0, 0.05) is 60.5 Å². The van der Waals surface area contributed by atoms with Crippen molar-refractivity contribution in [2.75, 3.05) is 43.4 Å². The zero-order chi connectivity index (χ0) is 22.9. The minimum atomic E-state index is -0.111. The zero-order valence-corrected chi connectivity index (χ0v) is 19.0. The summed E-state index contributed by atoms with van der Waals surface area (Å²) in [6, 6.07) is 9.97. The Morgan fingerprint density at radius 2 is 1.88 bits per heavy atom. The Labute approximate surface area is 191 Å². The topological polar surface area (TPSA) is 118 Å². The van der Waals surface area contributed by atoms with Gasteiger partial charge in [-0.15, -0.1) is 0 Å². The number of anilines is 3. The van der Waals surface area contributed by atoms with Crippen LogP contribution < -0.4 is 15.0 Å². The normalized spacial score (nSPS) is 14.7. The third kappa shape index (κ3) is 4.48.